The fourth-order valence-corrected chi connectivity index (χ4v) is 2.02. The minimum atomic E-state index is -1.71. The molecule has 2 aromatic carbocycles. The van der Waals surface area contributed by atoms with Crippen molar-refractivity contribution in [1.82, 2.24) is 5.16 Å². The Balaban J connectivity index is 1.91. The number of aromatic nitrogens is 1. The third kappa shape index (κ3) is 2.80. The zero-order valence-corrected chi connectivity index (χ0v) is 11.5. The molecule has 0 fully saturated rings. The molecule has 0 bridgehead atoms. The lowest BCUT2D eigenvalue weighted by molar-refractivity contribution is 0.101. The summed E-state index contributed by atoms with van der Waals surface area (Å²) in [5, 5.41) is 5.88. The molecule has 0 radical (unpaired) electrons. The van der Waals surface area contributed by atoms with Gasteiger partial charge >= 0.3 is 0 Å². The molecule has 1 amide bonds. The van der Waals surface area contributed by atoms with Gasteiger partial charge in [-0.25, -0.2) is 13.2 Å². The zero-order valence-electron chi connectivity index (χ0n) is 11.5. The lowest BCUT2D eigenvalue weighted by Crippen LogP contribution is -2.15. The number of anilines is 1. The van der Waals surface area contributed by atoms with Crippen LogP contribution in [0.4, 0.5) is 19.1 Å². The first-order chi connectivity index (χ1) is 11.1. The number of halogens is 3. The van der Waals surface area contributed by atoms with Gasteiger partial charge in [-0.3, -0.25) is 10.1 Å². The molecule has 4 nitrogen and oxygen atoms in total. The van der Waals surface area contributed by atoms with Crippen molar-refractivity contribution in [3.05, 3.63) is 71.7 Å². The van der Waals surface area contributed by atoms with Crippen molar-refractivity contribution in [2.75, 3.05) is 5.32 Å². The molecule has 0 atom stereocenters. The van der Waals surface area contributed by atoms with Gasteiger partial charge < -0.3 is 4.52 Å². The lowest BCUT2D eigenvalue weighted by atomic mass is 10.1. The van der Waals surface area contributed by atoms with Crippen LogP contribution in [0.5, 0.6) is 0 Å². The number of nitrogens with one attached hydrogen (secondary N) is 1. The Morgan fingerprint density at radius 2 is 1.74 bits per heavy atom. The largest absolute Gasteiger partial charge is 0.338 e. The number of hydrogen-bond donors (Lipinski definition) is 1. The van der Waals surface area contributed by atoms with Gasteiger partial charge in [0, 0.05) is 0 Å². The summed E-state index contributed by atoms with van der Waals surface area (Å²) in [6, 6.07) is 10.4. The highest BCUT2D eigenvalue weighted by atomic mass is 19.2. The van der Waals surface area contributed by atoms with E-state index in [1.807, 2.05) is 6.07 Å². The first kappa shape index (κ1) is 14.8. The summed E-state index contributed by atoms with van der Waals surface area (Å²) in [5.41, 5.74) is 0.552. The Morgan fingerprint density at radius 3 is 2.48 bits per heavy atom. The topological polar surface area (TPSA) is 55.1 Å². The van der Waals surface area contributed by atoms with Crippen molar-refractivity contribution in [1.29, 1.82) is 0 Å². The van der Waals surface area contributed by atoms with E-state index in [1.54, 1.807) is 24.3 Å². The fourth-order valence-electron chi connectivity index (χ4n) is 2.02. The molecule has 3 rings (SSSR count). The Bertz CT molecular complexity index is 863. The molecule has 1 aromatic heterocycles. The van der Waals surface area contributed by atoms with Crippen LogP contribution < -0.4 is 5.32 Å². The zero-order chi connectivity index (χ0) is 16.4. The number of carbonyl (C=O) groups is 1. The van der Waals surface area contributed by atoms with Crippen LogP contribution in [0.25, 0.3) is 11.1 Å². The summed E-state index contributed by atoms with van der Waals surface area (Å²) in [6.07, 6.45) is 1.38. The Hall–Kier alpha value is -3.09. The van der Waals surface area contributed by atoms with Gasteiger partial charge in [-0.05, 0) is 17.7 Å². The number of benzene rings is 2. The minimum absolute atomic E-state index is 0.0228. The van der Waals surface area contributed by atoms with Crippen LogP contribution in [0.2, 0.25) is 0 Å². The molecule has 1 heterocycles. The van der Waals surface area contributed by atoms with Crippen LogP contribution in [0.15, 0.2) is 53.2 Å². The van der Waals surface area contributed by atoms with Gasteiger partial charge in [0.05, 0.1) is 17.3 Å². The highest BCUT2D eigenvalue weighted by Crippen LogP contribution is 2.28. The third-order valence-corrected chi connectivity index (χ3v) is 3.16. The Kier molecular flexibility index (Phi) is 3.84. The van der Waals surface area contributed by atoms with Crippen LogP contribution in [-0.4, -0.2) is 11.1 Å². The number of nitrogens with zero attached hydrogens (tertiary/aromatic N) is 1. The smallest absolute Gasteiger partial charge is 0.261 e. The summed E-state index contributed by atoms with van der Waals surface area (Å²) in [5.74, 6) is -5.65. The Morgan fingerprint density at radius 1 is 1.00 bits per heavy atom. The van der Waals surface area contributed by atoms with Gasteiger partial charge in [0.1, 0.15) is 0 Å². The summed E-state index contributed by atoms with van der Waals surface area (Å²) in [6.45, 7) is 0. The maximum absolute atomic E-state index is 13.6. The van der Waals surface area contributed by atoms with E-state index in [-0.39, 0.29) is 5.88 Å². The Labute approximate surface area is 128 Å². The molecule has 0 saturated heterocycles. The van der Waals surface area contributed by atoms with Gasteiger partial charge in [0.25, 0.3) is 5.91 Å². The average Bonchev–Trinajstić information content (AvgIpc) is 3.01. The lowest BCUT2D eigenvalue weighted by Gasteiger charge is -2.06. The molecule has 7 heteroatoms. The van der Waals surface area contributed by atoms with E-state index >= 15 is 0 Å². The molecule has 0 aliphatic carbocycles. The standard InChI is InChI=1S/C16H9F3N2O2/c17-12-7-6-10(13(18)14(12)19)15(22)21-16-11(8-20-23-16)9-4-2-1-3-5-9/h1-8H,(H,21,22). The second-order valence-corrected chi connectivity index (χ2v) is 4.61. The summed E-state index contributed by atoms with van der Waals surface area (Å²) >= 11 is 0. The van der Waals surface area contributed by atoms with Crippen molar-refractivity contribution in [2.24, 2.45) is 0 Å². The van der Waals surface area contributed by atoms with Crippen LogP contribution in [0.3, 0.4) is 0 Å². The number of hydrogen-bond acceptors (Lipinski definition) is 3. The number of rotatable bonds is 3. The van der Waals surface area contributed by atoms with E-state index in [1.165, 1.54) is 6.20 Å². The van der Waals surface area contributed by atoms with Gasteiger partial charge in [-0.1, -0.05) is 35.5 Å². The maximum atomic E-state index is 13.6. The van der Waals surface area contributed by atoms with Crippen molar-refractivity contribution in [3.63, 3.8) is 0 Å². The highest BCUT2D eigenvalue weighted by Gasteiger charge is 2.21. The van der Waals surface area contributed by atoms with Gasteiger partial charge in [-0.15, -0.1) is 0 Å². The fraction of sp³-hybridized carbons (Fsp3) is 0. The van der Waals surface area contributed by atoms with Crippen molar-refractivity contribution >= 4 is 11.8 Å². The normalized spacial score (nSPS) is 10.6. The first-order valence-electron chi connectivity index (χ1n) is 6.53. The highest BCUT2D eigenvalue weighted by molar-refractivity contribution is 6.05. The van der Waals surface area contributed by atoms with Crippen LogP contribution in [0, 0.1) is 17.5 Å². The minimum Gasteiger partial charge on any atom is -0.338 e. The van der Waals surface area contributed by atoms with Crippen LogP contribution in [0.1, 0.15) is 10.4 Å². The SMILES string of the molecule is O=C(Nc1oncc1-c1ccccc1)c1ccc(F)c(F)c1F. The monoisotopic (exact) mass is 318 g/mol. The molecule has 0 spiro atoms. The molecule has 0 saturated carbocycles. The van der Waals surface area contributed by atoms with Crippen LogP contribution >= 0.6 is 0 Å². The van der Waals surface area contributed by atoms with Crippen molar-refractivity contribution < 1.29 is 22.5 Å². The van der Waals surface area contributed by atoms with E-state index in [9.17, 15) is 18.0 Å². The van der Waals surface area contributed by atoms with Gasteiger partial charge in [0.15, 0.2) is 17.5 Å². The predicted molar refractivity (Wildman–Crippen MR) is 76.2 cm³/mol. The molecule has 0 aliphatic heterocycles. The second-order valence-electron chi connectivity index (χ2n) is 4.61. The summed E-state index contributed by atoms with van der Waals surface area (Å²) < 4.78 is 44.7. The van der Waals surface area contributed by atoms with Crippen LogP contribution in [-0.2, 0) is 0 Å². The molecule has 0 unspecified atom stereocenters. The quantitative estimate of drug-likeness (QED) is 0.742. The third-order valence-electron chi connectivity index (χ3n) is 3.16. The molecule has 1 N–H and O–H groups in total. The second kappa shape index (κ2) is 5.96. The molecule has 3 aromatic rings. The molecule has 23 heavy (non-hydrogen) atoms. The van der Waals surface area contributed by atoms with E-state index < -0.39 is 28.9 Å². The summed E-state index contributed by atoms with van der Waals surface area (Å²) in [7, 11) is 0. The van der Waals surface area contributed by atoms with Gasteiger partial charge in [-0.2, -0.15) is 0 Å². The van der Waals surface area contributed by atoms with E-state index in [4.69, 9.17) is 4.52 Å². The first-order valence-corrected chi connectivity index (χ1v) is 6.53. The predicted octanol–water partition coefficient (Wildman–Crippen LogP) is 4.01. The van der Waals surface area contributed by atoms with E-state index in [2.05, 4.69) is 10.5 Å². The number of amides is 1. The van der Waals surface area contributed by atoms with E-state index in [0.717, 1.165) is 11.6 Å². The van der Waals surface area contributed by atoms with Crippen molar-refractivity contribution in [3.8, 4) is 11.1 Å². The van der Waals surface area contributed by atoms with Crippen molar-refractivity contribution in [2.45, 2.75) is 0 Å². The number of carbonyl (C=O) groups excluding carboxylic acids is 1. The molecular weight excluding hydrogens is 309 g/mol. The molecule has 116 valence electrons. The molecule has 0 aliphatic rings. The maximum Gasteiger partial charge on any atom is 0.261 e. The summed E-state index contributed by atoms with van der Waals surface area (Å²) in [4.78, 5) is 12.1. The van der Waals surface area contributed by atoms with Gasteiger partial charge in [0.2, 0.25) is 5.88 Å². The average molecular weight is 318 g/mol. The molecular formula is C16H9F3N2O2. The van der Waals surface area contributed by atoms with E-state index in [0.29, 0.717) is 11.6 Å².